The molecule has 0 amide bonds. The number of aromatic nitrogens is 2. The van der Waals surface area contributed by atoms with Crippen molar-refractivity contribution in [2.45, 2.75) is 20.0 Å². The summed E-state index contributed by atoms with van der Waals surface area (Å²) in [5, 5.41) is 8.92. The van der Waals surface area contributed by atoms with Crippen molar-refractivity contribution in [1.82, 2.24) is 9.97 Å². The molecule has 5 nitrogen and oxygen atoms in total. The van der Waals surface area contributed by atoms with E-state index in [0.29, 0.717) is 17.1 Å². The largest absolute Gasteiger partial charge is 0.493 e. The molecule has 0 fully saturated rings. The first kappa shape index (κ1) is 13.3. The zero-order chi connectivity index (χ0) is 13.7. The van der Waals surface area contributed by atoms with Crippen molar-refractivity contribution in [1.29, 1.82) is 0 Å². The number of ether oxygens (including phenoxy) is 2. The molecule has 0 aliphatic rings. The minimum atomic E-state index is -0.0885. The van der Waals surface area contributed by atoms with Crippen molar-refractivity contribution in [3.63, 3.8) is 0 Å². The van der Waals surface area contributed by atoms with Crippen LogP contribution in [0.4, 0.5) is 0 Å². The van der Waals surface area contributed by atoms with Gasteiger partial charge in [0.15, 0.2) is 11.5 Å². The van der Waals surface area contributed by atoms with E-state index in [1.165, 1.54) is 18.0 Å². The van der Waals surface area contributed by atoms with Crippen LogP contribution in [0.5, 0.6) is 17.5 Å². The molecule has 1 N–H and O–H groups in total. The highest BCUT2D eigenvalue weighted by molar-refractivity contribution is 5.44. The first-order valence-electron chi connectivity index (χ1n) is 6.03. The molecule has 100 valence electrons. The fraction of sp³-hybridized carbons (Fsp3) is 0.286. The van der Waals surface area contributed by atoms with Crippen LogP contribution in [0.3, 0.4) is 0 Å². The van der Waals surface area contributed by atoms with Gasteiger partial charge in [0.1, 0.15) is 0 Å². The van der Waals surface area contributed by atoms with Crippen molar-refractivity contribution in [3.05, 3.63) is 41.7 Å². The van der Waals surface area contributed by atoms with Crippen LogP contribution in [0.1, 0.15) is 18.1 Å². The van der Waals surface area contributed by atoms with E-state index in [1.54, 1.807) is 7.11 Å². The Labute approximate surface area is 111 Å². The van der Waals surface area contributed by atoms with Crippen LogP contribution in [0.2, 0.25) is 0 Å². The maximum absolute atomic E-state index is 8.92. The number of methoxy groups -OCH3 is 1. The molecule has 0 aliphatic heterocycles. The van der Waals surface area contributed by atoms with Crippen LogP contribution in [-0.4, -0.2) is 22.2 Å². The summed E-state index contributed by atoms with van der Waals surface area (Å²) in [6.07, 6.45) is 3.97. The number of aryl methyl sites for hydroxylation is 1. The molecule has 0 bridgehead atoms. The van der Waals surface area contributed by atoms with Gasteiger partial charge in [-0.15, -0.1) is 0 Å². The lowest BCUT2D eigenvalue weighted by molar-refractivity contribution is 0.280. The SMILES string of the molecule is CCc1ccc(Oc2ncc(CO)cn2)c(OC)c1. The van der Waals surface area contributed by atoms with Gasteiger partial charge >= 0.3 is 6.01 Å². The maximum Gasteiger partial charge on any atom is 0.322 e. The third-order valence-electron chi connectivity index (χ3n) is 2.70. The summed E-state index contributed by atoms with van der Waals surface area (Å²) in [5.74, 6) is 1.21. The highest BCUT2D eigenvalue weighted by Gasteiger charge is 2.08. The van der Waals surface area contributed by atoms with Gasteiger partial charge < -0.3 is 14.6 Å². The summed E-state index contributed by atoms with van der Waals surface area (Å²) in [6, 6.07) is 5.96. The van der Waals surface area contributed by atoms with Crippen molar-refractivity contribution in [2.24, 2.45) is 0 Å². The minimum Gasteiger partial charge on any atom is -0.493 e. The summed E-state index contributed by atoms with van der Waals surface area (Å²) in [4.78, 5) is 8.03. The van der Waals surface area contributed by atoms with E-state index in [0.717, 1.165) is 6.42 Å². The van der Waals surface area contributed by atoms with Gasteiger partial charge in [0.05, 0.1) is 13.7 Å². The Bertz CT molecular complexity index is 541. The number of aliphatic hydroxyl groups excluding tert-OH is 1. The molecule has 0 spiro atoms. The molecular formula is C14H16N2O3. The molecule has 0 unspecified atom stereocenters. The fourth-order valence-electron chi connectivity index (χ4n) is 1.59. The minimum absolute atomic E-state index is 0.0885. The Morgan fingerprint density at radius 3 is 2.42 bits per heavy atom. The monoisotopic (exact) mass is 260 g/mol. The Balaban J connectivity index is 2.21. The number of benzene rings is 1. The van der Waals surface area contributed by atoms with E-state index >= 15 is 0 Å². The van der Waals surface area contributed by atoms with Crippen LogP contribution >= 0.6 is 0 Å². The molecule has 1 aromatic carbocycles. The molecule has 2 rings (SSSR count). The lowest BCUT2D eigenvalue weighted by Gasteiger charge is -2.10. The van der Waals surface area contributed by atoms with Crippen LogP contribution < -0.4 is 9.47 Å². The average Bonchev–Trinajstić information content (AvgIpc) is 2.48. The summed E-state index contributed by atoms with van der Waals surface area (Å²) in [6.45, 7) is 1.99. The third-order valence-corrected chi connectivity index (χ3v) is 2.70. The second-order valence-corrected chi connectivity index (χ2v) is 3.97. The number of aliphatic hydroxyl groups is 1. The van der Waals surface area contributed by atoms with Crippen molar-refractivity contribution in [2.75, 3.05) is 7.11 Å². The standard InChI is InChI=1S/C14H16N2O3/c1-3-10-4-5-12(13(6-10)18-2)19-14-15-7-11(9-17)8-16-14/h4-8,17H,3,9H2,1-2H3. The van der Waals surface area contributed by atoms with Gasteiger partial charge in [-0.1, -0.05) is 13.0 Å². The summed E-state index contributed by atoms with van der Waals surface area (Å²) >= 11 is 0. The first-order valence-corrected chi connectivity index (χ1v) is 6.03. The van der Waals surface area contributed by atoms with E-state index in [1.807, 2.05) is 18.2 Å². The molecule has 0 aliphatic carbocycles. The van der Waals surface area contributed by atoms with Gasteiger partial charge in [0.2, 0.25) is 0 Å². The second-order valence-electron chi connectivity index (χ2n) is 3.97. The lowest BCUT2D eigenvalue weighted by Crippen LogP contribution is -1.96. The number of hydrogen-bond donors (Lipinski definition) is 1. The summed E-state index contributed by atoms with van der Waals surface area (Å²) in [5.41, 5.74) is 1.81. The second kappa shape index (κ2) is 6.15. The van der Waals surface area contributed by atoms with Gasteiger partial charge in [0.25, 0.3) is 0 Å². The molecule has 19 heavy (non-hydrogen) atoms. The van der Waals surface area contributed by atoms with Gasteiger partial charge in [-0.2, -0.15) is 0 Å². The molecule has 0 atom stereocenters. The van der Waals surface area contributed by atoms with Gasteiger partial charge in [-0.05, 0) is 24.1 Å². The highest BCUT2D eigenvalue weighted by atomic mass is 16.5. The quantitative estimate of drug-likeness (QED) is 0.893. The van der Waals surface area contributed by atoms with Crippen molar-refractivity contribution >= 4 is 0 Å². The maximum atomic E-state index is 8.92. The third kappa shape index (κ3) is 3.20. The van der Waals surface area contributed by atoms with Gasteiger partial charge in [-0.25, -0.2) is 9.97 Å². The molecule has 1 aromatic heterocycles. The molecule has 0 radical (unpaired) electrons. The predicted molar refractivity (Wildman–Crippen MR) is 70.4 cm³/mol. The summed E-state index contributed by atoms with van der Waals surface area (Å²) < 4.78 is 10.9. The molecule has 1 heterocycles. The van der Waals surface area contributed by atoms with E-state index in [2.05, 4.69) is 16.9 Å². The zero-order valence-corrected chi connectivity index (χ0v) is 11.0. The van der Waals surface area contributed by atoms with Gasteiger partial charge in [0, 0.05) is 18.0 Å². The van der Waals surface area contributed by atoms with Crippen molar-refractivity contribution in [3.8, 4) is 17.5 Å². The van der Waals surface area contributed by atoms with Crippen molar-refractivity contribution < 1.29 is 14.6 Å². The number of nitrogens with zero attached hydrogens (tertiary/aromatic N) is 2. The Morgan fingerprint density at radius 1 is 1.11 bits per heavy atom. The molecule has 0 saturated heterocycles. The van der Waals surface area contributed by atoms with Crippen LogP contribution in [0, 0.1) is 0 Å². The Morgan fingerprint density at radius 2 is 1.84 bits per heavy atom. The van der Waals surface area contributed by atoms with E-state index in [4.69, 9.17) is 14.6 Å². The van der Waals surface area contributed by atoms with Crippen LogP contribution in [0.25, 0.3) is 0 Å². The molecule has 5 heteroatoms. The number of rotatable bonds is 5. The van der Waals surface area contributed by atoms with E-state index < -0.39 is 0 Å². The molecule has 2 aromatic rings. The van der Waals surface area contributed by atoms with E-state index in [-0.39, 0.29) is 12.6 Å². The van der Waals surface area contributed by atoms with Gasteiger partial charge in [-0.3, -0.25) is 0 Å². The molecular weight excluding hydrogens is 244 g/mol. The van der Waals surface area contributed by atoms with Crippen LogP contribution in [-0.2, 0) is 13.0 Å². The Hall–Kier alpha value is -2.14. The van der Waals surface area contributed by atoms with Crippen LogP contribution in [0.15, 0.2) is 30.6 Å². The predicted octanol–water partition coefficient (Wildman–Crippen LogP) is 2.33. The highest BCUT2D eigenvalue weighted by Crippen LogP contribution is 2.30. The normalized spacial score (nSPS) is 10.3. The average molecular weight is 260 g/mol. The zero-order valence-electron chi connectivity index (χ0n) is 11.0. The summed E-state index contributed by atoms with van der Waals surface area (Å²) in [7, 11) is 1.59. The number of hydrogen-bond acceptors (Lipinski definition) is 5. The lowest BCUT2D eigenvalue weighted by atomic mass is 10.1. The topological polar surface area (TPSA) is 64.5 Å². The van der Waals surface area contributed by atoms with E-state index in [9.17, 15) is 0 Å². The fourth-order valence-corrected chi connectivity index (χ4v) is 1.59. The first-order chi connectivity index (χ1) is 9.26. The Kier molecular flexibility index (Phi) is 4.30. The molecule has 0 saturated carbocycles. The smallest absolute Gasteiger partial charge is 0.322 e.